The van der Waals surface area contributed by atoms with E-state index in [-0.39, 0.29) is 36.7 Å². The topological polar surface area (TPSA) is 99.8 Å². The molecule has 1 fully saturated rings. The summed E-state index contributed by atoms with van der Waals surface area (Å²) in [5, 5.41) is 17.3. The zero-order valence-corrected chi connectivity index (χ0v) is 17.8. The van der Waals surface area contributed by atoms with Crippen LogP contribution in [0.4, 0.5) is 23.5 Å². The molecule has 1 aliphatic heterocycles. The van der Waals surface area contributed by atoms with Crippen LogP contribution in [0.5, 0.6) is 0 Å². The molecule has 32 heavy (non-hydrogen) atoms. The number of hydrogen-bond acceptors (Lipinski definition) is 6. The number of anilines is 1. The Morgan fingerprint density at radius 2 is 1.88 bits per heavy atom. The Morgan fingerprint density at radius 1 is 1.16 bits per heavy atom. The molecule has 0 saturated carbocycles. The highest BCUT2D eigenvalue weighted by atomic mass is 32.2. The van der Waals surface area contributed by atoms with E-state index in [1.807, 2.05) is 0 Å². The van der Waals surface area contributed by atoms with E-state index in [1.54, 1.807) is 0 Å². The first-order valence-corrected chi connectivity index (χ1v) is 11.4. The second-order valence-electron chi connectivity index (χ2n) is 7.64. The number of nitrogens with one attached hydrogen (secondary N) is 1. The summed E-state index contributed by atoms with van der Waals surface area (Å²) < 4.78 is 82.5. The van der Waals surface area contributed by atoms with Crippen LogP contribution in [-0.4, -0.2) is 63.9 Å². The minimum Gasteiger partial charge on any atom is -0.390 e. The van der Waals surface area contributed by atoms with Gasteiger partial charge in [-0.1, -0.05) is 0 Å². The molecule has 0 bridgehead atoms. The van der Waals surface area contributed by atoms with Gasteiger partial charge in [0.2, 0.25) is 16.0 Å². The van der Waals surface area contributed by atoms with E-state index in [1.165, 1.54) is 0 Å². The Labute approximate surface area is 180 Å². The molecule has 0 spiro atoms. The lowest BCUT2D eigenvalue weighted by Crippen LogP contribution is -2.51. The van der Waals surface area contributed by atoms with Gasteiger partial charge in [0.25, 0.3) is 0 Å². The molecule has 0 amide bonds. The summed E-state index contributed by atoms with van der Waals surface area (Å²) in [6.07, 6.45) is 1.30. The van der Waals surface area contributed by atoms with Gasteiger partial charge in [0.15, 0.2) is 5.82 Å². The van der Waals surface area contributed by atoms with Gasteiger partial charge in [0.05, 0.1) is 35.9 Å². The fraction of sp³-hybridized carbons (Fsp3) is 0.368. The van der Waals surface area contributed by atoms with E-state index >= 15 is 0 Å². The summed E-state index contributed by atoms with van der Waals surface area (Å²) >= 11 is 0. The highest BCUT2D eigenvalue weighted by Crippen LogP contribution is 2.32. The normalized spacial score (nSPS) is 20.1. The van der Waals surface area contributed by atoms with Gasteiger partial charge < -0.3 is 10.4 Å². The number of nitrogens with zero attached hydrogens (tertiary/aromatic N) is 4. The Hall–Kier alpha value is -2.77. The molecule has 2 aromatic heterocycles. The van der Waals surface area contributed by atoms with E-state index in [9.17, 15) is 31.1 Å². The van der Waals surface area contributed by atoms with E-state index in [2.05, 4.69) is 15.4 Å². The second kappa shape index (κ2) is 7.98. The van der Waals surface area contributed by atoms with E-state index in [4.69, 9.17) is 0 Å². The number of aliphatic hydroxyl groups is 1. The summed E-state index contributed by atoms with van der Waals surface area (Å²) in [6.45, 7) is 1.16. The highest BCUT2D eigenvalue weighted by molar-refractivity contribution is 7.88. The molecule has 0 aliphatic carbocycles. The number of halogens is 4. The van der Waals surface area contributed by atoms with Gasteiger partial charge in [-0.25, -0.2) is 35.5 Å². The first-order valence-electron chi connectivity index (χ1n) is 9.56. The third-order valence-electron chi connectivity index (χ3n) is 5.45. The van der Waals surface area contributed by atoms with Crippen molar-refractivity contribution in [2.75, 3.05) is 24.7 Å². The molecule has 1 aliphatic rings. The molecule has 1 saturated heterocycles. The lowest BCUT2D eigenvalue weighted by Gasteiger charge is -2.34. The van der Waals surface area contributed by atoms with Crippen LogP contribution in [-0.2, 0) is 10.0 Å². The van der Waals surface area contributed by atoms with Crippen LogP contribution in [0.3, 0.4) is 0 Å². The van der Waals surface area contributed by atoms with Crippen molar-refractivity contribution in [2.45, 2.75) is 25.5 Å². The molecular weight excluding hydrogens is 454 g/mol. The lowest BCUT2D eigenvalue weighted by molar-refractivity contribution is 0.0950. The number of piperidine rings is 1. The molecule has 2 atom stereocenters. The maximum atomic E-state index is 14.6. The van der Waals surface area contributed by atoms with Crippen molar-refractivity contribution >= 4 is 21.5 Å². The van der Waals surface area contributed by atoms with Crippen LogP contribution >= 0.6 is 0 Å². The van der Waals surface area contributed by atoms with Crippen molar-refractivity contribution in [3.8, 4) is 11.3 Å². The fourth-order valence-corrected chi connectivity index (χ4v) is 4.52. The molecule has 13 heteroatoms. The third-order valence-corrected chi connectivity index (χ3v) is 6.72. The Morgan fingerprint density at radius 3 is 2.53 bits per heavy atom. The summed E-state index contributed by atoms with van der Waals surface area (Å²) in [7, 11) is -3.46. The average molecular weight is 473 g/mol. The number of sulfonamides is 1. The van der Waals surface area contributed by atoms with Gasteiger partial charge in [0.1, 0.15) is 23.0 Å². The van der Waals surface area contributed by atoms with Crippen molar-refractivity contribution in [1.29, 1.82) is 0 Å². The van der Waals surface area contributed by atoms with Crippen LogP contribution in [0.2, 0.25) is 0 Å². The maximum absolute atomic E-state index is 14.6. The average Bonchev–Trinajstić information content (AvgIpc) is 3.03. The lowest BCUT2D eigenvalue weighted by atomic mass is 10.0. The summed E-state index contributed by atoms with van der Waals surface area (Å²) in [5.74, 6) is -4.39. The smallest absolute Gasteiger partial charge is 0.241 e. The van der Waals surface area contributed by atoms with Crippen molar-refractivity contribution < 1.29 is 31.1 Å². The van der Waals surface area contributed by atoms with E-state index in [0.717, 1.165) is 34.3 Å². The molecule has 0 radical (unpaired) electrons. The highest BCUT2D eigenvalue weighted by Gasteiger charge is 2.32. The van der Waals surface area contributed by atoms with Gasteiger partial charge in [-0.15, -0.1) is 5.10 Å². The molecule has 8 nitrogen and oxygen atoms in total. The molecule has 0 unspecified atom stereocenters. The Balaban J connectivity index is 1.70. The summed E-state index contributed by atoms with van der Waals surface area (Å²) in [5.41, 5.74) is -1.52. The fourth-order valence-electron chi connectivity index (χ4n) is 3.66. The van der Waals surface area contributed by atoms with Crippen molar-refractivity contribution in [2.24, 2.45) is 0 Å². The van der Waals surface area contributed by atoms with Crippen molar-refractivity contribution in [3.63, 3.8) is 0 Å². The van der Waals surface area contributed by atoms with Crippen LogP contribution < -0.4 is 5.32 Å². The number of rotatable bonds is 4. The van der Waals surface area contributed by atoms with Crippen LogP contribution in [0.1, 0.15) is 12.0 Å². The Kier molecular flexibility index (Phi) is 5.59. The SMILES string of the molecule is Cc1c(F)cc(F)c(-c2cc(F)c3cnc(N[C@@H]4CCN(S(C)(=O)=O)C[C@H]4O)nn23)c1F. The Bertz CT molecular complexity index is 1310. The molecular formula is C19H19F4N5O3S. The minimum atomic E-state index is -3.46. The number of aliphatic hydroxyl groups excluding tert-OH is 1. The van der Waals surface area contributed by atoms with Gasteiger partial charge in [-0.3, -0.25) is 0 Å². The quantitative estimate of drug-likeness (QED) is 0.563. The van der Waals surface area contributed by atoms with Gasteiger partial charge in [-0.05, 0) is 13.3 Å². The van der Waals surface area contributed by atoms with Crippen molar-refractivity contribution in [1.82, 2.24) is 18.9 Å². The van der Waals surface area contributed by atoms with Crippen LogP contribution in [0, 0.1) is 30.2 Å². The standard InChI is InChI=1S/C19H19F4N5O3S/c1-9-10(20)5-12(22)17(18(9)23)14-6-11(21)15-7-24-19(26-28(14)15)25-13-3-4-27(8-16(13)29)32(2,30)31/h5-7,13,16,29H,3-4,8H2,1-2H3,(H,25,26)/t13-,16-/m1/s1. The van der Waals surface area contributed by atoms with Crippen LogP contribution in [0.25, 0.3) is 16.8 Å². The number of hydrogen-bond donors (Lipinski definition) is 2. The summed E-state index contributed by atoms with van der Waals surface area (Å²) in [4.78, 5) is 3.97. The predicted octanol–water partition coefficient (Wildman–Crippen LogP) is 2.07. The molecule has 3 heterocycles. The van der Waals surface area contributed by atoms with Gasteiger partial charge in [0, 0.05) is 30.8 Å². The third kappa shape index (κ3) is 3.91. The predicted molar refractivity (Wildman–Crippen MR) is 107 cm³/mol. The number of aromatic nitrogens is 3. The number of fused-ring (bicyclic) bond motifs is 1. The van der Waals surface area contributed by atoms with Gasteiger partial charge >= 0.3 is 0 Å². The second-order valence-corrected chi connectivity index (χ2v) is 9.62. The molecule has 3 aromatic rings. The first-order chi connectivity index (χ1) is 15.0. The molecule has 172 valence electrons. The summed E-state index contributed by atoms with van der Waals surface area (Å²) in [6, 6.07) is 0.763. The monoisotopic (exact) mass is 473 g/mol. The van der Waals surface area contributed by atoms with Gasteiger partial charge in [-0.2, -0.15) is 4.31 Å². The molecule has 1 aromatic carbocycles. The van der Waals surface area contributed by atoms with Crippen LogP contribution in [0.15, 0.2) is 18.3 Å². The zero-order valence-electron chi connectivity index (χ0n) is 17.0. The zero-order chi connectivity index (χ0) is 23.4. The molecule has 4 rings (SSSR count). The first kappa shape index (κ1) is 22.4. The molecule has 2 N–H and O–H groups in total. The van der Waals surface area contributed by atoms with E-state index in [0.29, 0.717) is 6.07 Å². The van der Waals surface area contributed by atoms with E-state index < -0.39 is 56.6 Å². The number of β-amino-alcohol motifs (C(OH)–C–C–N with tert-alkyl or cyclic N) is 1. The van der Waals surface area contributed by atoms with Crippen molar-refractivity contribution in [3.05, 3.63) is 47.2 Å². The maximum Gasteiger partial charge on any atom is 0.241 e. The minimum absolute atomic E-state index is 0.0779. The largest absolute Gasteiger partial charge is 0.390 e. The number of benzene rings is 1.